The van der Waals surface area contributed by atoms with Gasteiger partial charge in [0.1, 0.15) is 0 Å². The summed E-state index contributed by atoms with van der Waals surface area (Å²) in [5.41, 5.74) is 0.159. The van der Waals surface area contributed by atoms with Crippen LogP contribution in [0.15, 0.2) is 18.2 Å². The summed E-state index contributed by atoms with van der Waals surface area (Å²) in [5.74, 6) is -1.57. The summed E-state index contributed by atoms with van der Waals surface area (Å²) < 4.78 is 152. The van der Waals surface area contributed by atoms with E-state index in [1.165, 1.54) is 6.07 Å². The molecule has 0 unspecified atom stereocenters. The number of fused-ring (bicyclic) bond motifs is 1. The number of carbonyl (C=O) groups excluding carboxylic acids is 2. The Hall–Kier alpha value is 1.03. The van der Waals surface area contributed by atoms with Crippen LogP contribution in [-0.2, 0) is 87.0 Å². The van der Waals surface area contributed by atoms with Crippen LogP contribution in [0.2, 0.25) is 151 Å². The quantitative estimate of drug-likeness (QED) is 0.0969. The maximum atomic E-state index is 13.0. The number of hydrogen-bond donors (Lipinski definition) is 0. The SMILES string of the molecule is C[Si](C)(C)O[Si]12O[Si]3(O[Si](C)(C)C)O[Si]4(O[Si](C)(C)C)O[Si](O[Si](C)(C)C)(O1)O[Si]1(O[Si](C)(C)C)O[Si](O[Si](C)(C)C)(O2)O[Si](O[Si](C)(C)C)(O3)O[Si](O[Si](C)(C)c2ccc3c(c2)C(=O)OC3=O)(O4)O1. The Balaban J connectivity index is 1.66. The normalized spacial score (nSPS) is 36.3. The van der Waals surface area contributed by atoms with Crippen molar-refractivity contribution in [3.63, 3.8) is 0 Å². The predicted molar refractivity (Wildman–Crippen MR) is 284 cm³/mol. The largest absolute Gasteiger partial charge is 0.651 e. The third-order valence-corrected chi connectivity index (χ3v) is 61.6. The monoisotopic (exact) mass is 1260 g/mol. The maximum absolute atomic E-state index is 13.0. The van der Waals surface area contributed by atoms with Crippen LogP contribution in [0.25, 0.3) is 0 Å². The highest BCUT2D eigenvalue weighted by Gasteiger charge is 2.92. The van der Waals surface area contributed by atoms with Gasteiger partial charge in [0.15, 0.2) is 58.2 Å². The number of carbonyl (C=O) groups is 2. The minimum atomic E-state index is -5.42. The van der Waals surface area contributed by atoms with Crippen LogP contribution in [0.5, 0.6) is 0 Å². The van der Waals surface area contributed by atoms with Crippen LogP contribution >= 0.6 is 0 Å². The average Bonchev–Trinajstić information content (AvgIpc) is 3.26. The van der Waals surface area contributed by atoms with E-state index in [0.717, 1.165) is 0 Å². The van der Waals surface area contributed by atoms with Gasteiger partial charge in [0, 0.05) is 0 Å². The first kappa shape index (κ1) is 58.7. The molecule has 0 radical (unpaired) electrons. The lowest BCUT2D eigenvalue weighted by atomic mass is 10.1. The second kappa shape index (κ2) is 18.0. The Morgan fingerprint density at radius 3 is 0.714 bits per heavy atom. The number of cyclic esters (lactones) is 2. The maximum Gasteiger partial charge on any atom is 0.651 e. The summed E-state index contributed by atoms with van der Waals surface area (Å²) in [5, 5.41) is 0.497. The van der Waals surface area contributed by atoms with Crippen LogP contribution in [0.4, 0.5) is 0 Å². The molecule has 0 N–H and O–H groups in total. The molecule has 0 amide bonds. The second-order valence-electron chi connectivity index (χ2n) is 24.8. The van der Waals surface area contributed by atoms with E-state index in [9.17, 15) is 9.59 Å². The first-order chi connectivity index (χ1) is 31.0. The van der Waals surface area contributed by atoms with Crippen molar-refractivity contribution in [1.29, 1.82) is 0 Å². The average molecular weight is 1260 g/mol. The fraction of sp³-hybridized carbons (Fsp3) is 0.742. The molecule has 1 aromatic carbocycles. The molecule has 0 aliphatic carbocycles. The molecule has 39 heteroatoms. The minimum Gasteiger partial charge on any atom is -0.396 e. The Kier molecular flexibility index (Phi) is 15.1. The summed E-state index contributed by atoms with van der Waals surface area (Å²) in [7, 11) is -66.3. The van der Waals surface area contributed by atoms with E-state index < -0.39 is 151 Å². The van der Waals surface area contributed by atoms with E-state index in [2.05, 4.69) is 0 Å². The number of hydrogen-bond acceptors (Lipinski definition) is 23. The summed E-state index contributed by atoms with van der Waals surface area (Å²) in [6, 6.07) is 4.73. The van der Waals surface area contributed by atoms with Crippen LogP contribution in [0.1, 0.15) is 20.7 Å². The van der Waals surface area contributed by atoms with Gasteiger partial charge in [0.25, 0.3) is 0 Å². The van der Waals surface area contributed by atoms with Gasteiger partial charge in [-0.1, -0.05) is 6.07 Å². The van der Waals surface area contributed by atoms with Crippen molar-refractivity contribution in [3.05, 3.63) is 29.3 Å². The molecule has 8 rings (SSSR count). The van der Waals surface area contributed by atoms with Gasteiger partial charge < -0.3 is 87.0 Å². The topological polar surface area (TPSA) is 228 Å². The Labute approximate surface area is 429 Å². The van der Waals surface area contributed by atoms with Crippen molar-refractivity contribution in [1.82, 2.24) is 0 Å². The highest BCUT2D eigenvalue weighted by molar-refractivity contribution is 7.05. The van der Waals surface area contributed by atoms with Crippen molar-refractivity contribution in [2.24, 2.45) is 0 Å². The first-order valence-electron chi connectivity index (χ1n) is 23.0. The zero-order chi connectivity index (χ0) is 52.9. The van der Waals surface area contributed by atoms with Crippen molar-refractivity contribution >= 4 is 156 Å². The molecule has 0 saturated carbocycles. The van der Waals surface area contributed by atoms with E-state index in [1.807, 2.05) is 151 Å². The molecule has 6 fully saturated rings. The van der Waals surface area contributed by atoms with E-state index in [1.54, 1.807) is 12.1 Å². The molecule has 398 valence electrons. The summed E-state index contributed by atoms with van der Waals surface area (Å²) >= 11 is 0. The fourth-order valence-corrected chi connectivity index (χ4v) is 72.9. The molecule has 8 bridgehead atoms. The van der Waals surface area contributed by atoms with Gasteiger partial charge >= 0.3 is 84.3 Å². The summed E-state index contributed by atoms with van der Waals surface area (Å²) in [4.78, 5) is 25.7. The second-order valence-corrected chi connectivity index (χ2v) is 82.3. The van der Waals surface area contributed by atoms with E-state index in [0.29, 0.717) is 5.19 Å². The van der Waals surface area contributed by atoms with Crippen LogP contribution in [-0.4, -0.2) is 151 Å². The molecule has 6 saturated heterocycles. The number of ether oxygens (including phenoxy) is 1. The Morgan fingerprint density at radius 2 is 0.500 bits per heavy atom. The van der Waals surface area contributed by atoms with Crippen LogP contribution < -0.4 is 5.19 Å². The van der Waals surface area contributed by atoms with Gasteiger partial charge in [0.2, 0.25) is 8.32 Å². The lowest BCUT2D eigenvalue weighted by Crippen LogP contribution is -2.93. The van der Waals surface area contributed by atoms with Crippen LogP contribution in [0, 0.1) is 0 Å². The predicted octanol–water partition coefficient (Wildman–Crippen LogP) is 6.14. The standard InChI is InChI=1S/C31H72O23Si16/c1-55(2,3)35-63-43-64(36-56(4,5)6)46-67(39-59(13,14)15)48-65(44-63,37-57(7,8)9)50-69(41-61(19,20)21)51-66(45-63,38-58(10,11)12)49-68(47-64,40-60(16,17)18)53-70(52-67,54-69)42-62(22,23)27-24-25-28-29(26-27)31(33)34-30(28)32/h24-26H,1-23H3. The molecule has 0 spiro atoms. The lowest BCUT2D eigenvalue weighted by Gasteiger charge is -2.60. The number of rotatable bonds is 17. The lowest BCUT2D eigenvalue weighted by molar-refractivity contribution is -0.129. The fourth-order valence-electron chi connectivity index (χ4n) is 7.29. The van der Waals surface area contributed by atoms with Crippen molar-refractivity contribution in [3.8, 4) is 0 Å². The molecule has 7 aliphatic heterocycles. The van der Waals surface area contributed by atoms with E-state index in [4.69, 9.17) is 87.0 Å². The molecule has 0 atom stereocenters. The molecule has 7 aliphatic rings. The zero-order valence-electron chi connectivity index (χ0n) is 44.6. The number of benzene rings is 1. The molecule has 70 heavy (non-hydrogen) atoms. The molecular weight excluding hydrogens is 1190 g/mol. The van der Waals surface area contributed by atoms with Gasteiger partial charge in [-0.3, -0.25) is 0 Å². The number of esters is 2. The third-order valence-electron chi connectivity index (χ3n) is 8.74. The molecule has 1 aromatic rings. The van der Waals surface area contributed by atoms with Gasteiger partial charge in [-0.05, 0) is 168 Å². The summed E-state index contributed by atoms with van der Waals surface area (Å²) in [6.07, 6.45) is 0. The van der Waals surface area contributed by atoms with E-state index in [-0.39, 0.29) is 11.1 Å². The zero-order valence-corrected chi connectivity index (χ0v) is 60.6. The van der Waals surface area contributed by atoms with Gasteiger partial charge in [-0.15, -0.1) is 0 Å². The Morgan fingerprint density at radius 1 is 0.300 bits per heavy atom. The highest BCUT2D eigenvalue weighted by atomic mass is 28.7. The molecule has 0 aromatic heterocycles. The molecule has 7 heterocycles. The molecular formula is C31H72O23Si16. The van der Waals surface area contributed by atoms with Gasteiger partial charge in [-0.25, -0.2) is 9.59 Å². The van der Waals surface area contributed by atoms with Gasteiger partial charge in [0.05, 0.1) is 11.1 Å². The third kappa shape index (κ3) is 13.8. The summed E-state index contributed by atoms with van der Waals surface area (Å²) in [6.45, 7) is 43.8. The van der Waals surface area contributed by atoms with E-state index >= 15 is 0 Å². The van der Waals surface area contributed by atoms with Crippen molar-refractivity contribution in [2.75, 3.05) is 0 Å². The Bertz CT molecular complexity index is 2050. The van der Waals surface area contributed by atoms with Crippen molar-refractivity contribution < 1.29 is 96.6 Å². The van der Waals surface area contributed by atoms with Crippen LogP contribution in [0.3, 0.4) is 0 Å². The van der Waals surface area contributed by atoms with Crippen molar-refractivity contribution in [2.45, 2.75) is 151 Å². The van der Waals surface area contributed by atoms with Gasteiger partial charge in [-0.2, -0.15) is 0 Å². The first-order valence-corrected chi connectivity index (χ1v) is 62.8. The minimum absolute atomic E-state index is 0.0548. The molecule has 23 nitrogen and oxygen atoms in total. The smallest absolute Gasteiger partial charge is 0.396 e. The highest BCUT2D eigenvalue weighted by Crippen LogP contribution is 2.53.